The molecule has 1 aromatic heterocycles. The van der Waals surface area contributed by atoms with Crippen molar-refractivity contribution in [2.75, 3.05) is 20.1 Å². The number of amides is 1. The monoisotopic (exact) mass is 378 g/mol. The van der Waals surface area contributed by atoms with Gasteiger partial charge in [0.05, 0.1) is 0 Å². The van der Waals surface area contributed by atoms with Crippen LogP contribution in [0, 0.1) is 6.92 Å². The molecule has 0 radical (unpaired) electrons. The number of nitrogens with zero attached hydrogens (tertiary/aromatic N) is 1. The van der Waals surface area contributed by atoms with E-state index in [0.717, 1.165) is 22.7 Å². The number of halogens is 1. The Kier molecular flexibility index (Phi) is 4.55. The quantitative estimate of drug-likeness (QED) is 0.816. The summed E-state index contributed by atoms with van der Waals surface area (Å²) in [6.45, 7) is 3.09. The molecule has 1 atom stereocenters. The Morgan fingerprint density at radius 1 is 1.43 bits per heavy atom. The number of fused-ring (bicyclic) bond motifs is 1. The number of piperidine rings is 1. The summed E-state index contributed by atoms with van der Waals surface area (Å²) in [6, 6.07) is 5.69. The first-order valence-electron chi connectivity index (χ1n) is 7.70. The second-order valence-corrected chi connectivity index (χ2v) is 6.82. The van der Waals surface area contributed by atoms with Crippen molar-refractivity contribution in [3.8, 4) is 0 Å². The number of rotatable bonds is 2. The summed E-state index contributed by atoms with van der Waals surface area (Å²) < 4.78 is 6.24. The number of benzene rings is 1. The topological polar surface area (TPSA) is 62.6 Å². The van der Waals surface area contributed by atoms with Gasteiger partial charge in [-0.1, -0.05) is 15.9 Å². The minimum atomic E-state index is -0.561. The molecule has 6 heteroatoms. The van der Waals surface area contributed by atoms with Crippen LogP contribution in [-0.2, 0) is 0 Å². The highest BCUT2D eigenvalue weighted by Gasteiger charge is 2.27. The SMILES string of the molecule is CNC1CCCN(C(=O)c2c(C)c3cc(Br)ccc3oc2=O)C1. The minimum absolute atomic E-state index is 0.146. The fourth-order valence-electron chi connectivity index (χ4n) is 3.13. The lowest BCUT2D eigenvalue weighted by Gasteiger charge is -2.32. The second kappa shape index (κ2) is 6.45. The lowest BCUT2D eigenvalue weighted by molar-refractivity contribution is 0.0693. The molecular weight excluding hydrogens is 360 g/mol. The molecule has 1 N–H and O–H groups in total. The van der Waals surface area contributed by atoms with Crippen molar-refractivity contribution >= 4 is 32.8 Å². The van der Waals surface area contributed by atoms with Crippen LogP contribution in [0.2, 0.25) is 0 Å². The Balaban J connectivity index is 2.05. The maximum atomic E-state index is 12.9. The van der Waals surface area contributed by atoms with Gasteiger partial charge in [-0.05, 0) is 50.6 Å². The second-order valence-electron chi connectivity index (χ2n) is 5.91. The average molecular weight is 379 g/mol. The standard InChI is InChI=1S/C17H19BrN2O3/c1-10-13-8-11(18)5-6-14(13)23-17(22)15(10)16(21)20-7-3-4-12(9-20)19-2/h5-6,8,12,19H,3-4,7,9H2,1-2H3. The maximum absolute atomic E-state index is 12.9. The number of nitrogens with one attached hydrogen (secondary N) is 1. The molecule has 1 amide bonds. The van der Waals surface area contributed by atoms with Crippen LogP contribution in [-0.4, -0.2) is 37.0 Å². The fourth-order valence-corrected chi connectivity index (χ4v) is 3.49. The van der Waals surface area contributed by atoms with Crippen LogP contribution in [0.3, 0.4) is 0 Å². The molecule has 1 aliphatic heterocycles. The Hall–Kier alpha value is -1.66. The van der Waals surface area contributed by atoms with Crippen LogP contribution in [0.1, 0.15) is 28.8 Å². The molecule has 5 nitrogen and oxygen atoms in total. The first kappa shape index (κ1) is 16.2. The van der Waals surface area contributed by atoms with Gasteiger partial charge < -0.3 is 14.6 Å². The molecule has 0 saturated carbocycles. The number of carbonyl (C=O) groups excluding carboxylic acids is 1. The molecule has 1 unspecified atom stereocenters. The van der Waals surface area contributed by atoms with E-state index in [-0.39, 0.29) is 17.5 Å². The highest BCUT2D eigenvalue weighted by Crippen LogP contribution is 2.24. The Morgan fingerprint density at radius 2 is 2.22 bits per heavy atom. The summed E-state index contributed by atoms with van der Waals surface area (Å²) in [5, 5.41) is 3.99. The van der Waals surface area contributed by atoms with Gasteiger partial charge in [0.1, 0.15) is 11.1 Å². The van der Waals surface area contributed by atoms with Crippen molar-refractivity contribution in [1.29, 1.82) is 0 Å². The smallest absolute Gasteiger partial charge is 0.349 e. The molecule has 3 rings (SSSR count). The lowest BCUT2D eigenvalue weighted by Crippen LogP contribution is -2.48. The maximum Gasteiger partial charge on any atom is 0.349 e. The number of hydrogen-bond donors (Lipinski definition) is 1. The van der Waals surface area contributed by atoms with Crippen molar-refractivity contribution in [2.24, 2.45) is 0 Å². The predicted molar refractivity (Wildman–Crippen MR) is 92.9 cm³/mol. The van der Waals surface area contributed by atoms with Crippen molar-refractivity contribution in [1.82, 2.24) is 10.2 Å². The summed E-state index contributed by atoms with van der Waals surface area (Å²) >= 11 is 3.42. The van der Waals surface area contributed by atoms with E-state index in [2.05, 4.69) is 21.2 Å². The molecule has 23 heavy (non-hydrogen) atoms. The van der Waals surface area contributed by atoms with Gasteiger partial charge in [-0.2, -0.15) is 0 Å². The first-order valence-corrected chi connectivity index (χ1v) is 8.50. The summed E-state index contributed by atoms with van der Waals surface area (Å²) in [6.07, 6.45) is 1.97. The fraction of sp³-hybridized carbons (Fsp3) is 0.412. The lowest BCUT2D eigenvalue weighted by atomic mass is 10.0. The van der Waals surface area contributed by atoms with Crippen molar-refractivity contribution in [2.45, 2.75) is 25.8 Å². The Labute approximate surface area is 142 Å². The summed E-state index contributed by atoms with van der Waals surface area (Å²) in [4.78, 5) is 26.9. The largest absolute Gasteiger partial charge is 0.422 e. The van der Waals surface area contributed by atoms with Crippen LogP contribution in [0.25, 0.3) is 11.0 Å². The van der Waals surface area contributed by atoms with E-state index in [1.807, 2.05) is 19.2 Å². The van der Waals surface area contributed by atoms with Gasteiger partial charge >= 0.3 is 5.63 Å². The van der Waals surface area contributed by atoms with Gasteiger partial charge in [-0.25, -0.2) is 4.79 Å². The summed E-state index contributed by atoms with van der Waals surface area (Å²) in [7, 11) is 1.89. The third kappa shape index (κ3) is 3.05. The molecule has 122 valence electrons. The van der Waals surface area contributed by atoms with Crippen LogP contribution in [0.4, 0.5) is 0 Å². The van der Waals surface area contributed by atoms with Gasteiger partial charge in [0.15, 0.2) is 0 Å². The summed E-state index contributed by atoms with van der Waals surface area (Å²) in [5.41, 5.74) is 0.759. The first-order chi connectivity index (χ1) is 11.0. The number of likely N-dealkylation sites (tertiary alicyclic amines) is 1. The average Bonchev–Trinajstić information content (AvgIpc) is 2.55. The van der Waals surface area contributed by atoms with Crippen molar-refractivity contribution < 1.29 is 9.21 Å². The third-order valence-electron chi connectivity index (χ3n) is 4.46. The normalized spacial score (nSPS) is 18.4. The molecule has 2 aromatic rings. The number of likely N-dealkylation sites (N-methyl/N-ethyl adjacent to an activating group) is 1. The van der Waals surface area contributed by atoms with E-state index in [1.54, 1.807) is 17.9 Å². The van der Waals surface area contributed by atoms with Crippen LogP contribution in [0.15, 0.2) is 31.9 Å². The van der Waals surface area contributed by atoms with E-state index in [0.29, 0.717) is 24.2 Å². The highest BCUT2D eigenvalue weighted by atomic mass is 79.9. The third-order valence-corrected chi connectivity index (χ3v) is 4.95. The van der Waals surface area contributed by atoms with Gasteiger partial charge in [0.2, 0.25) is 0 Å². The molecule has 0 bridgehead atoms. The number of carbonyl (C=O) groups is 1. The van der Waals surface area contributed by atoms with Gasteiger partial charge in [-0.3, -0.25) is 4.79 Å². The van der Waals surface area contributed by atoms with E-state index in [4.69, 9.17) is 4.42 Å². The van der Waals surface area contributed by atoms with Crippen LogP contribution >= 0.6 is 15.9 Å². The number of aryl methyl sites for hydroxylation is 1. The zero-order chi connectivity index (χ0) is 16.6. The number of hydrogen-bond acceptors (Lipinski definition) is 4. The van der Waals surface area contributed by atoms with Crippen LogP contribution in [0.5, 0.6) is 0 Å². The highest BCUT2D eigenvalue weighted by molar-refractivity contribution is 9.10. The molecule has 2 heterocycles. The minimum Gasteiger partial charge on any atom is -0.422 e. The van der Waals surface area contributed by atoms with E-state index in [9.17, 15) is 9.59 Å². The van der Waals surface area contributed by atoms with E-state index < -0.39 is 5.63 Å². The van der Waals surface area contributed by atoms with E-state index >= 15 is 0 Å². The molecule has 1 aliphatic rings. The molecule has 0 aliphatic carbocycles. The van der Waals surface area contributed by atoms with E-state index in [1.165, 1.54) is 0 Å². The van der Waals surface area contributed by atoms with Crippen molar-refractivity contribution in [3.63, 3.8) is 0 Å². The zero-order valence-electron chi connectivity index (χ0n) is 13.2. The molecular formula is C17H19BrN2O3. The summed E-state index contributed by atoms with van der Waals surface area (Å²) in [5.74, 6) is -0.238. The molecule has 1 saturated heterocycles. The van der Waals surface area contributed by atoms with Crippen molar-refractivity contribution in [3.05, 3.63) is 44.2 Å². The zero-order valence-corrected chi connectivity index (χ0v) is 14.8. The molecule has 0 spiro atoms. The van der Waals surface area contributed by atoms with Gasteiger partial charge in [0, 0.05) is 29.0 Å². The van der Waals surface area contributed by atoms with Gasteiger partial charge in [-0.15, -0.1) is 0 Å². The predicted octanol–water partition coefficient (Wildman–Crippen LogP) is 2.69. The van der Waals surface area contributed by atoms with Gasteiger partial charge in [0.25, 0.3) is 5.91 Å². The Bertz CT molecular complexity index is 815. The van der Waals surface area contributed by atoms with Crippen LogP contribution < -0.4 is 10.9 Å². The molecule has 1 aromatic carbocycles. The molecule has 1 fully saturated rings. The Morgan fingerprint density at radius 3 is 2.96 bits per heavy atom.